The van der Waals surface area contributed by atoms with Crippen LogP contribution in [0.4, 0.5) is 0 Å². The highest BCUT2D eigenvalue weighted by Crippen LogP contribution is 2.32. The van der Waals surface area contributed by atoms with Crippen molar-refractivity contribution in [3.63, 3.8) is 0 Å². The number of nitrogens with two attached hydrogens (primary N) is 1. The Kier molecular flexibility index (Phi) is 3.55. The fourth-order valence-corrected chi connectivity index (χ4v) is 2.82. The summed E-state index contributed by atoms with van der Waals surface area (Å²) in [5, 5.41) is 13.6. The van der Waals surface area contributed by atoms with E-state index in [-0.39, 0.29) is 11.3 Å². The van der Waals surface area contributed by atoms with E-state index in [1.165, 1.54) is 7.11 Å². The molecule has 2 aromatic rings. The molecular formula is C15H19N3O3. The molecular weight excluding hydrogens is 270 g/mol. The molecule has 6 heteroatoms. The van der Waals surface area contributed by atoms with Gasteiger partial charge < -0.3 is 20.1 Å². The van der Waals surface area contributed by atoms with Crippen molar-refractivity contribution in [1.29, 1.82) is 0 Å². The smallest absolute Gasteiger partial charge is 0.228 e. The van der Waals surface area contributed by atoms with Crippen LogP contribution in [0.2, 0.25) is 0 Å². The van der Waals surface area contributed by atoms with Gasteiger partial charge in [0.2, 0.25) is 11.7 Å². The highest BCUT2D eigenvalue weighted by Gasteiger charge is 2.31. The third kappa shape index (κ3) is 2.85. The average Bonchev–Trinajstić information content (AvgIpc) is 3.09. The minimum atomic E-state index is -0.212. The van der Waals surface area contributed by atoms with Crippen LogP contribution in [0.3, 0.4) is 0 Å². The molecule has 3 rings (SSSR count). The number of rotatable bonds is 4. The van der Waals surface area contributed by atoms with Crippen molar-refractivity contribution in [3.05, 3.63) is 24.1 Å². The Balaban J connectivity index is 1.81. The van der Waals surface area contributed by atoms with Gasteiger partial charge in [-0.1, -0.05) is 18.0 Å². The highest BCUT2D eigenvalue weighted by molar-refractivity contribution is 5.60. The van der Waals surface area contributed by atoms with E-state index >= 15 is 0 Å². The Bertz CT molecular complexity index is 633. The maximum Gasteiger partial charge on any atom is 0.228 e. The average molecular weight is 289 g/mol. The topological polar surface area (TPSA) is 94.4 Å². The summed E-state index contributed by atoms with van der Waals surface area (Å²) in [7, 11) is 1.50. The van der Waals surface area contributed by atoms with Crippen LogP contribution < -0.4 is 10.5 Å². The van der Waals surface area contributed by atoms with Gasteiger partial charge in [-0.15, -0.1) is 0 Å². The molecule has 6 nitrogen and oxygen atoms in total. The summed E-state index contributed by atoms with van der Waals surface area (Å²) in [5.74, 6) is 1.49. The van der Waals surface area contributed by atoms with Crippen LogP contribution in [0.1, 0.15) is 31.6 Å². The monoisotopic (exact) mass is 289 g/mol. The molecule has 0 bridgehead atoms. The van der Waals surface area contributed by atoms with Crippen LogP contribution >= 0.6 is 0 Å². The number of hydrogen-bond acceptors (Lipinski definition) is 6. The quantitative estimate of drug-likeness (QED) is 0.896. The number of aromatic hydroxyl groups is 1. The molecule has 112 valence electrons. The first kappa shape index (κ1) is 13.9. The van der Waals surface area contributed by atoms with Gasteiger partial charge in [-0.2, -0.15) is 4.98 Å². The maximum atomic E-state index is 9.60. The van der Waals surface area contributed by atoms with Crippen LogP contribution in [0.25, 0.3) is 11.4 Å². The second-order valence-corrected chi connectivity index (χ2v) is 5.64. The predicted molar refractivity (Wildman–Crippen MR) is 77.0 cm³/mol. The van der Waals surface area contributed by atoms with Crippen molar-refractivity contribution in [3.8, 4) is 22.9 Å². The zero-order valence-electron chi connectivity index (χ0n) is 12.0. The zero-order chi connectivity index (χ0) is 14.9. The summed E-state index contributed by atoms with van der Waals surface area (Å²) in [6.07, 6.45) is 4.92. The number of hydrogen-bond donors (Lipinski definition) is 2. The summed E-state index contributed by atoms with van der Waals surface area (Å²) >= 11 is 0. The van der Waals surface area contributed by atoms with Crippen LogP contribution in [0.5, 0.6) is 11.5 Å². The van der Waals surface area contributed by atoms with E-state index in [1.807, 2.05) is 0 Å². The zero-order valence-corrected chi connectivity index (χ0v) is 12.0. The first-order chi connectivity index (χ1) is 10.1. The molecule has 0 saturated heterocycles. The molecule has 0 unspecified atom stereocenters. The molecule has 1 aliphatic rings. The minimum absolute atomic E-state index is 0.0804. The summed E-state index contributed by atoms with van der Waals surface area (Å²) in [4.78, 5) is 4.40. The first-order valence-electron chi connectivity index (χ1n) is 7.08. The maximum absolute atomic E-state index is 9.60. The van der Waals surface area contributed by atoms with Gasteiger partial charge in [-0.25, -0.2) is 0 Å². The highest BCUT2D eigenvalue weighted by atomic mass is 16.5. The standard InChI is InChI=1S/C15H19N3O3/c1-20-12-8-10(4-5-11(12)19)14-17-13(21-18-14)9-15(16)6-2-3-7-15/h4-5,8,19H,2-3,6-7,9,16H2,1H3. The Hall–Kier alpha value is -2.08. The fraction of sp³-hybridized carbons (Fsp3) is 0.467. The van der Waals surface area contributed by atoms with Gasteiger partial charge in [0, 0.05) is 17.5 Å². The lowest BCUT2D eigenvalue weighted by molar-refractivity contribution is 0.329. The van der Waals surface area contributed by atoms with Gasteiger partial charge in [0.05, 0.1) is 7.11 Å². The lowest BCUT2D eigenvalue weighted by Crippen LogP contribution is -2.38. The van der Waals surface area contributed by atoms with Crippen molar-refractivity contribution in [2.45, 2.75) is 37.6 Å². The van der Waals surface area contributed by atoms with Gasteiger partial charge >= 0.3 is 0 Å². The summed E-state index contributed by atoms with van der Waals surface area (Å²) in [6, 6.07) is 4.95. The lowest BCUT2D eigenvalue weighted by Gasteiger charge is -2.20. The molecule has 1 saturated carbocycles. The van der Waals surface area contributed by atoms with E-state index in [2.05, 4.69) is 10.1 Å². The molecule has 0 aliphatic heterocycles. The molecule has 0 atom stereocenters. The Morgan fingerprint density at radius 1 is 1.38 bits per heavy atom. The van der Waals surface area contributed by atoms with Gasteiger partial charge in [-0.3, -0.25) is 0 Å². The van der Waals surface area contributed by atoms with E-state index in [0.29, 0.717) is 23.9 Å². The van der Waals surface area contributed by atoms with Crippen molar-refractivity contribution in [2.75, 3.05) is 7.11 Å². The fourth-order valence-electron chi connectivity index (χ4n) is 2.82. The largest absolute Gasteiger partial charge is 0.504 e. The van der Waals surface area contributed by atoms with Crippen molar-refractivity contribution in [2.24, 2.45) is 5.73 Å². The number of methoxy groups -OCH3 is 1. The number of benzene rings is 1. The van der Waals surface area contributed by atoms with Gasteiger partial charge in [0.25, 0.3) is 0 Å². The van der Waals surface area contributed by atoms with Crippen LogP contribution in [0.15, 0.2) is 22.7 Å². The normalized spacial score (nSPS) is 17.0. The lowest BCUT2D eigenvalue weighted by atomic mass is 9.95. The Labute approximate surface area is 122 Å². The summed E-state index contributed by atoms with van der Waals surface area (Å²) in [6.45, 7) is 0. The van der Waals surface area contributed by atoms with E-state index in [1.54, 1.807) is 18.2 Å². The van der Waals surface area contributed by atoms with Crippen LogP contribution in [-0.2, 0) is 6.42 Å². The second kappa shape index (κ2) is 5.37. The number of ether oxygens (including phenoxy) is 1. The van der Waals surface area contributed by atoms with E-state index in [9.17, 15) is 5.11 Å². The molecule has 1 heterocycles. The van der Waals surface area contributed by atoms with Gasteiger partial charge in [-0.05, 0) is 31.0 Å². The van der Waals surface area contributed by atoms with Crippen LogP contribution in [-0.4, -0.2) is 27.9 Å². The van der Waals surface area contributed by atoms with Crippen molar-refractivity contribution >= 4 is 0 Å². The molecule has 21 heavy (non-hydrogen) atoms. The van der Waals surface area contributed by atoms with Gasteiger partial charge in [0.15, 0.2) is 11.5 Å². The van der Waals surface area contributed by atoms with E-state index < -0.39 is 0 Å². The molecule has 1 aromatic carbocycles. The number of phenolic OH excluding ortho intramolecular Hbond substituents is 1. The number of aromatic nitrogens is 2. The number of phenols is 1. The third-order valence-corrected chi connectivity index (χ3v) is 4.01. The molecule has 3 N–H and O–H groups in total. The van der Waals surface area contributed by atoms with E-state index in [0.717, 1.165) is 31.2 Å². The van der Waals surface area contributed by atoms with Gasteiger partial charge in [0.1, 0.15) is 0 Å². The van der Waals surface area contributed by atoms with E-state index in [4.69, 9.17) is 15.0 Å². The second-order valence-electron chi connectivity index (χ2n) is 5.64. The minimum Gasteiger partial charge on any atom is -0.504 e. The summed E-state index contributed by atoms with van der Waals surface area (Å²) < 4.78 is 10.4. The third-order valence-electron chi connectivity index (χ3n) is 4.01. The number of nitrogens with zero attached hydrogens (tertiary/aromatic N) is 2. The molecule has 1 fully saturated rings. The molecule has 1 aromatic heterocycles. The first-order valence-corrected chi connectivity index (χ1v) is 7.08. The molecule has 1 aliphatic carbocycles. The van der Waals surface area contributed by atoms with Crippen LogP contribution in [0, 0.1) is 0 Å². The predicted octanol–water partition coefficient (Wildman–Crippen LogP) is 2.26. The molecule has 0 radical (unpaired) electrons. The Morgan fingerprint density at radius 2 is 2.14 bits per heavy atom. The SMILES string of the molecule is COc1cc(-c2noc(CC3(N)CCCC3)n2)ccc1O. The molecule has 0 amide bonds. The Morgan fingerprint density at radius 3 is 2.86 bits per heavy atom. The molecule has 0 spiro atoms. The van der Waals surface area contributed by atoms with Crippen molar-refractivity contribution in [1.82, 2.24) is 10.1 Å². The van der Waals surface area contributed by atoms with Crippen molar-refractivity contribution < 1.29 is 14.4 Å². The summed E-state index contributed by atoms with van der Waals surface area (Å²) in [5.41, 5.74) is 6.85.